The maximum absolute atomic E-state index is 15.9. The van der Waals surface area contributed by atoms with E-state index >= 15 is 4.39 Å². The lowest BCUT2D eigenvalue weighted by molar-refractivity contribution is -0.184. The van der Waals surface area contributed by atoms with Crippen LogP contribution in [0.5, 0.6) is 0 Å². The van der Waals surface area contributed by atoms with Crippen LogP contribution in [-0.2, 0) is 25.5 Å². The van der Waals surface area contributed by atoms with Crippen LogP contribution in [-0.4, -0.2) is 118 Å². The van der Waals surface area contributed by atoms with Gasteiger partial charge < -0.3 is 19.7 Å². The Bertz CT molecular complexity index is 1100. The van der Waals surface area contributed by atoms with Crippen molar-refractivity contribution < 1.29 is 23.5 Å². The number of carbonyl (C=O) groups is 2. The highest BCUT2D eigenvalue weighted by atomic mass is 35.5. The number of amides is 1. The van der Waals surface area contributed by atoms with E-state index in [1.807, 2.05) is 0 Å². The highest BCUT2D eigenvalue weighted by Crippen LogP contribution is 2.48. The van der Waals surface area contributed by atoms with Gasteiger partial charge in [-0.25, -0.2) is 4.39 Å². The molecule has 0 radical (unpaired) electrons. The normalized spacial score (nSPS) is 35.9. The first-order valence-electron chi connectivity index (χ1n) is 14.4. The average Bonchev–Trinajstić information content (AvgIpc) is 2.96. The number of aryl methyl sites for hydroxylation is 1. The summed E-state index contributed by atoms with van der Waals surface area (Å²) in [7, 11) is 0. The van der Waals surface area contributed by atoms with Gasteiger partial charge in [0.15, 0.2) is 5.78 Å². The second kappa shape index (κ2) is 12.6. The van der Waals surface area contributed by atoms with Crippen molar-refractivity contribution in [3.8, 4) is 0 Å². The monoisotopic (exact) mass is 593 g/mol. The molecule has 8 atom stereocenters. The maximum atomic E-state index is 15.9. The Balaban J connectivity index is 1.20. The molecular formula is C28H37ClFN5O4S. The Kier molecular flexibility index (Phi) is 8.93. The summed E-state index contributed by atoms with van der Waals surface area (Å²) in [6.07, 6.45) is 8.04. The molecule has 9 nitrogen and oxygen atoms in total. The number of thioether (sulfide) groups is 1. The van der Waals surface area contributed by atoms with Crippen molar-refractivity contribution in [2.75, 3.05) is 45.1 Å². The van der Waals surface area contributed by atoms with Gasteiger partial charge in [0, 0.05) is 68.7 Å². The number of hydrogen-bond donors (Lipinski definition) is 1. The summed E-state index contributed by atoms with van der Waals surface area (Å²) < 4.78 is 27.9. The van der Waals surface area contributed by atoms with E-state index in [1.165, 1.54) is 0 Å². The molecule has 2 saturated carbocycles. The Morgan fingerprint density at radius 2 is 2.08 bits per heavy atom. The van der Waals surface area contributed by atoms with Crippen molar-refractivity contribution in [2.45, 2.75) is 73.2 Å². The van der Waals surface area contributed by atoms with Gasteiger partial charge in [-0.1, -0.05) is 0 Å². The third-order valence-corrected chi connectivity index (χ3v) is 10.7. The lowest BCUT2D eigenvalue weighted by Crippen LogP contribution is -2.70. The van der Waals surface area contributed by atoms with Gasteiger partial charge in [-0.2, -0.15) is 11.8 Å². The van der Waals surface area contributed by atoms with E-state index in [0.29, 0.717) is 44.9 Å². The Morgan fingerprint density at radius 3 is 2.88 bits per heavy atom. The molecule has 0 aromatic carbocycles. The molecule has 6 rings (SSSR count). The van der Waals surface area contributed by atoms with Crippen LogP contribution in [0.15, 0.2) is 30.4 Å². The first kappa shape index (κ1) is 28.3. The summed E-state index contributed by atoms with van der Waals surface area (Å²) in [6, 6.07) is -0.268. The van der Waals surface area contributed by atoms with Gasteiger partial charge in [0.05, 0.1) is 54.0 Å². The Hall–Kier alpha value is -1.79. The van der Waals surface area contributed by atoms with Crippen LogP contribution in [0.25, 0.3) is 0 Å². The topological polar surface area (TPSA) is 96.9 Å². The molecule has 4 fully saturated rings. The largest absolute Gasteiger partial charge is 0.379 e. The summed E-state index contributed by atoms with van der Waals surface area (Å²) in [5, 5.41) is 2.53. The van der Waals surface area contributed by atoms with Crippen molar-refractivity contribution in [2.24, 2.45) is 5.92 Å². The molecule has 12 heteroatoms. The molecule has 1 amide bonds. The number of alkyl halides is 2. The molecular weight excluding hydrogens is 557 g/mol. The van der Waals surface area contributed by atoms with E-state index in [9.17, 15) is 9.59 Å². The second-order valence-corrected chi connectivity index (χ2v) is 13.2. The predicted molar refractivity (Wildman–Crippen MR) is 150 cm³/mol. The van der Waals surface area contributed by atoms with Gasteiger partial charge in [0.25, 0.3) is 5.91 Å². The standard InChI is InChI=1S/C28H37ClFN5O4S/c29-17-1-2-22-23(13-17)39-26-24-19(14-21(30)27(26)40-12-3-18-15-31-4-5-32-18)25(36)20(16-35(22)24)28(37)33-6-7-34-8-10-38-11-9-34/h4-5,15-17,19,21-24,26-27H,1-3,6-14H2,(H,33,37). The van der Waals surface area contributed by atoms with Crippen LogP contribution >= 0.6 is 23.4 Å². The van der Waals surface area contributed by atoms with E-state index in [4.69, 9.17) is 21.1 Å². The molecule has 218 valence electrons. The summed E-state index contributed by atoms with van der Waals surface area (Å²) in [6.45, 7) is 4.18. The number of ketones is 1. The summed E-state index contributed by atoms with van der Waals surface area (Å²) in [5.74, 6) is -0.586. The third-order valence-electron chi connectivity index (χ3n) is 8.89. The minimum Gasteiger partial charge on any atom is -0.379 e. The zero-order valence-electron chi connectivity index (χ0n) is 22.5. The lowest BCUT2D eigenvalue weighted by atomic mass is 9.71. The van der Waals surface area contributed by atoms with Gasteiger partial charge in [-0.15, -0.1) is 11.6 Å². The van der Waals surface area contributed by atoms with E-state index in [2.05, 4.69) is 25.1 Å². The number of ether oxygens (including phenoxy) is 2. The van der Waals surface area contributed by atoms with Gasteiger partial charge in [0.2, 0.25) is 0 Å². The molecule has 4 heterocycles. The summed E-state index contributed by atoms with van der Waals surface area (Å²) in [5.41, 5.74) is 0.999. The van der Waals surface area contributed by atoms with Crippen LogP contribution in [0.1, 0.15) is 31.4 Å². The van der Waals surface area contributed by atoms with E-state index in [1.54, 1.807) is 36.6 Å². The number of Topliss-reactive ketones (excluding diaryl/α,β-unsaturated/α-hetero) is 1. The van der Waals surface area contributed by atoms with E-state index in [-0.39, 0.29) is 47.2 Å². The molecule has 2 saturated heterocycles. The highest BCUT2D eigenvalue weighted by Gasteiger charge is 2.58. The molecule has 1 aromatic heterocycles. The van der Waals surface area contributed by atoms with E-state index in [0.717, 1.165) is 31.6 Å². The van der Waals surface area contributed by atoms with Crippen molar-refractivity contribution in [1.82, 2.24) is 25.1 Å². The van der Waals surface area contributed by atoms with Gasteiger partial charge in [-0.05, 0) is 31.4 Å². The molecule has 5 aliphatic rings. The summed E-state index contributed by atoms with van der Waals surface area (Å²) in [4.78, 5) is 39.9. The zero-order chi connectivity index (χ0) is 27.6. The van der Waals surface area contributed by atoms with Crippen LogP contribution in [0.2, 0.25) is 0 Å². The quantitative estimate of drug-likeness (QED) is 0.358. The molecule has 0 bridgehead atoms. The van der Waals surface area contributed by atoms with E-state index < -0.39 is 23.4 Å². The number of nitrogens with one attached hydrogen (secondary N) is 1. The van der Waals surface area contributed by atoms with Gasteiger partial charge in [-0.3, -0.25) is 24.5 Å². The molecule has 2 aliphatic carbocycles. The third kappa shape index (κ3) is 5.90. The minimum absolute atomic E-state index is 0.000484. The minimum atomic E-state index is -1.22. The van der Waals surface area contributed by atoms with Crippen LogP contribution in [0.4, 0.5) is 4.39 Å². The first-order chi connectivity index (χ1) is 19.5. The number of halogens is 2. The number of morpholine rings is 2. The predicted octanol–water partition coefficient (Wildman–Crippen LogP) is 1.99. The molecule has 3 aliphatic heterocycles. The molecule has 0 spiro atoms. The number of nitrogens with zero attached hydrogens (tertiary/aromatic N) is 4. The smallest absolute Gasteiger partial charge is 0.256 e. The molecule has 1 N–H and O–H groups in total. The van der Waals surface area contributed by atoms with Gasteiger partial charge in [0.1, 0.15) is 6.17 Å². The number of fused-ring (bicyclic) bond motifs is 2. The van der Waals surface area contributed by atoms with Crippen molar-refractivity contribution >= 4 is 35.1 Å². The zero-order valence-corrected chi connectivity index (χ0v) is 24.1. The average molecular weight is 594 g/mol. The number of aromatic nitrogens is 2. The number of rotatable bonds is 8. The molecule has 8 unspecified atom stereocenters. The first-order valence-corrected chi connectivity index (χ1v) is 15.9. The Labute approximate surface area is 243 Å². The van der Waals surface area contributed by atoms with Gasteiger partial charge >= 0.3 is 0 Å². The van der Waals surface area contributed by atoms with Crippen LogP contribution in [0, 0.1) is 5.92 Å². The number of hydrogen-bond acceptors (Lipinski definition) is 9. The summed E-state index contributed by atoms with van der Waals surface area (Å²) >= 11 is 8.09. The van der Waals surface area contributed by atoms with Crippen molar-refractivity contribution in [3.63, 3.8) is 0 Å². The maximum Gasteiger partial charge on any atom is 0.256 e. The van der Waals surface area contributed by atoms with Crippen molar-refractivity contribution in [1.29, 1.82) is 0 Å². The highest BCUT2D eigenvalue weighted by molar-refractivity contribution is 8.00. The SMILES string of the molecule is O=C(NCCN1CCOCC1)C1=CN2C3CCC(Cl)CC3OC3C(SCCc4cnccn4)C(F)CC(C1=O)C32. The fourth-order valence-corrected chi connectivity index (χ4v) is 8.52. The van der Waals surface area contributed by atoms with Crippen LogP contribution in [0.3, 0.4) is 0 Å². The van der Waals surface area contributed by atoms with Crippen LogP contribution < -0.4 is 5.32 Å². The van der Waals surface area contributed by atoms with Crippen molar-refractivity contribution in [3.05, 3.63) is 36.1 Å². The fourth-order valence-electron chi connectivity index (χ4n) is 6.89. The lowest BCUT2D eigenvalue weighted by Gasteiger charge is -2.59. The number of carbonyl (C=O) groups excluding carboxylic acids is 2. The Morgan fingerprint density at radius 1 is 1.23 bits per heavy atom. The molecule has 1 aromatic rings. The second-order valence-electron chi connectivity index (χ2n) is 11.3. The molecule has 40 heavy (non-hydrogen) atoms. The fraction of sp³-hybridized carbons (Fsp3) is 0.714.